The van der Waals surface area contributed by atoms with Crippen molar-refractivity contribution in [3.8, 4) is 11.5 Å². The lowest BCUT2D eigenvalue weighted by Crippen LogP contribution is -2.40. The lowest BCUT2D eigenvalue weighted by atomic mass is 9.71. The van der Waals surface area contributed by atoms with Gasteiger partial charge in [0.25, 0.3) is 0 Å². The molecule has 0 aromatic heterocycles. The Balaban J connectivity index is 1.16. The summed E-state index contributed by atoms with van der Waals surface area (Å²) in [6.07, 6.45) is 4.08. The molecule has 2 aromatic rings. The number of hydrogen-bond donors (Lipinski definition) is 0. The Morgan fingerprint density at radius 1 is 0.676 bits per heavy atom. The van der Waals surface area contributed by atoms with Gasteiger partial charge in [-0.2, -0.15) is 0 Å². The summed E-state index contributed by atoms with van der Waals surface area (Å²) >= 11 is 15.9. The molecule has 4 nitrogen and oxygen atoms in total. The maximum atomic E-state index is 6.73. The molecular weight excluding hydrogens is 542 g/mol. The SMILES string of the molecule is COc1ccc(P2(=S)OC3(CC4(C)CC5(CC4(C)C3)OP(=S)(c3ccc(OC)cc3)S5)S2)cc1. The van der Waals surface area contributed by atoms with Gasteiger partial charge < -0.3 is 18.5 Å². The quantitative estimate of drug-likeness (QED) is 0.372. The van der Waals surface area contributed by atoms with E-state index >= 15 is 0 Å². The molecule has 2 aliphatic carbocycles. The van der Waals surface area contributed by atoms with E-state index in [0.29, 0.717) is 0 Å². The summed E-state index contributed by atoms with van der Waals surface area (Å²) < 4.78 is 24.1. The lowest BCUT2D eigenvalue weighted by Gasteiger charge is -2.51. The highest BCUT2D eigenvalue weighted by molar-refractivity contribution is 8.74. The molecule has 34 heavy (non-hydrogen) atoms. The van der Waals surface area contributed by atoms with Crippen molar-refractivity contribution in [1.82, 2.24) is 0 Å². The van der Waals surface area contributed by atoms with Crippen LogP contribution in [0.1, 0.15) is 39.5 Å². The molecule has 0 radical (unpaired) electrons. The van der Waals surface area contributed by atoms with Crippen LogP contribution < -0.4 is 20.1 Å². The van der Waals surface area contributed by atoms with Crippen molar-refractivity contribution in [2.45, 2.75) is 49.4 Å². The Labute approximate surface area is 219 Å². The Hall–Kier alpha value is -0.0400. The molecule has 2 saturated carbocycles. The first-order valence-electron chi connectivity index (χ1n) is 11.3. The predicted octanol–water partition coefficient (Wildman–Crippen LogP) is 6.79. The van der Waals surface area contributed by atoms with Gasteiger partial charge in [0.2, 0.25) is 0 Å². The highest BCUT2D eigenvalue weighted by Gasteiger charge is 2.74. The van der Waals surface area contributed by atoms with Gasteiger partial charge in [-0.05, 0) is 85.0 Å². The van der Waals surface area contributed by atoms with Gasteiger partial charge in [-0.25, -0.2) is 0 Å². The first-order chi connectivity index (χ1) is 16.0. The van der Waals surface area contributed by atoms with Gasteiger partial charge in [0.05, 0.1) is 14.2 Å². The van der Waals surface area contributed by atoms with Crippen molar-refractivity contribution >= 4 is 67.9 Å². The summed E-state index contributed by atoms with van der Waals surface area (Å²) in [6.45, 7) is 4.85. The summed E-state index contributed by atoms with van der Waals surface area (Å²) in [4.78, 5) is -0.323. The summed E-state index contributed by atoms with van der Waals surface area (Å²) in [5, 5.41) is 2.25. The number of fused-ring (bicyclic) bond motifs is 1. The van der Waals surface area contributed by atoms with Crippen molar-refractivity contribution in [3.63, 3.8) is 0 Å². The number of benzene rings is 2. The van der Waals surface area contributed by atoms with Crippen molar-refractivity contribution < 1.29 is 18.5 Å². The fourth-order valence-electron chi connectivity index (χ4n) is 6.37. The zero-order valence-electron chi connectivity index (χ0n) is 19.6. The third-order valence-corrected chi connectivity index (χ3v) is 21.4. The minimum atomic E-state index is -2.05. The van der Waals surface area contributed by atoms with E-state index in [0.717, 1.165) is 47.8 Å². The van der Waals surface area contributed by atoms with Gasteiger partial charge in [0.15, 0.2) is 10.9 Å². The standard InChI is InChI=1S/C24H28O4P2S4/c1-21-13-23(27-29(31,33-23)19-9-5-17(25-3)6-10-19)15-22(21,2)16-24(14-21)28-30(32,34-24)20-11-7-18(26-4)8-12-20/h5-12H,13-16H2,1-4H3. The second kappa shape index (κ2) is 7.74. The Bertz CT molecular complexity index is 1110. The van der Waals surface area contributed by atoms with Crippen LogP contribution in [0.25, 0.3) is 0 Å². The zero-order chi connectivity index (χ0) is 24.0. The summed E-state index contributed by atoms with van der Waals surface area (Å²) in [5.74, 6) is 1.69. The molecule has 6 rings (SSSR count). The maximum Gasteiger partial charge on any atom is 0.152 e. The Morgan fingerprint density at radius 2 is 0.971 bits per heavy atom. The van der Waals surface area contributed by atoms with E-state index in [1.54, 1.807) is 14.2 Å². The van der Waals surface area contributed by atoms with Crippen molar-refractivity contribution in [2.24, 2.45) is 10.8 Å². The molecule has 10 heteroatoms. The number of rotatable bonds is 4. The molecule has 0 N–H and O–H groups in total. The molecule has 2 aliphatic heterocycles. The van der Waals surface area contributed by atoms with Gasteiger partial charge in [-0.1, -0.05) is 60.2 Å². The smallest absolute Gasteiger partial charge is 0.152 e. The normalized spacial score (nSPS) is 44.5. The number of ether oxygens (including phenoxy) is 2. The van der Waals surface area contributed by atoms with Crippen LogP contribution in [0.4, 0.5) is 0 Å². The van der Waals surface area contributed by atoms with Crippen molar-refractivity contribution in [2.75, 3.05) is 14.2 Å². The van der Waals surface area contributed by atoms with E-state index < -0.39 is 10.9 Å². The molecular formula is C24H28O4P2S4. The number of methoxy groups -OCH3 is 2. The van der Waals surface area contributed by atoms with E-state index in [-0.39, 0.29) is 20.7 Å². The largest absolute Gasteiger partial charge is 0.497 e. The summed E-state index contributed by atoms with van der Waals surface area (Å²) in [7, 11) is 3.36. The first-order valence-corrected chi connectivity index (χ1v) is 19.6. The lowest BCUT2D eigenvalue weighted by molar-refractivity contribution is 0.121. The zero-order valence-corrected chi connectivity index (χ0v) is 24.7. The third-order valence-electron chi connectivity index (χ3n) is 8.02. The minimum absolute atomic E-state index is 0.147. The molecule has 2 heterocycles. The van der Waals surface area contributed by atoms with Crippen molar-refractivity contribution in [1.29, 1.82) is 0 Å². The van der Waals surface area contributed by atoms with Crippen LogP contribution in [0.15, 0.2) is 48.5 Å². The molecule has 2 unspecified atom stereocenters. The fraction of sp³-hybridized carbons (Fsp3) is 0.500. The van der Waals surface area contributed by atoms with Crippen molar-refractivity contribution in [3.05, 3.63) is 48.5 Å². The highest BCUT2D eigenvalue weighted by Crippen LogP contribution is 2.89. The Kier molecular flexibility index (Phi) is 5.53. The molecule has 0 amide bonds. The summed E-state index contributed by atoms with van der Waals surface area (Å²) in [5.41, 5.74) is -3.80. The van der Waals surface area contributed by atoms with Crippen LogP contribution in [0.2, 0.25) is 0 Å². The van der Waals surface area contributed by atoms with Crippen LogP contribution in [0, 0.1) is 10.8 Å². The average Bonchev–Trinajstić information content (AvgIpc) is 3.10. The second-order valence-corrected chi connectivity index (χ2v) is 24.3. The topological polar surface area (TPSA) is 36.9 Å². The van der Waals surface area contributed by atoms with E-state index in [2.05, 4.69) is 38.1 Å². The predicted molar refractivity (Wildman–Crippen MR) is 151 cm³/mol. The van der Waals surface area contributed by atoms with Gasteiger partial charge in [-0.15, -0.1) is 0 Å². The molecule has 4 fully saturated rings. The molecule has 2 spiro atoms. The average molecular weight is 571 g/mol. The molecule has 2 saturated heterocycles. The van der Waals surface area contributed by atoms with Crippen LogP contribution in [0.3, 0.4) is 0 Å². The van der Waals surface area contributed by atoms with E-state index in [1.807, 2.05) is 47.0 Å². The molecule has 182 valence electrons. The van der Waals surface area contributed by atoms with E-state index in [4.69, 9.17) is 42.1 Å². The van der Waals surface area contributed by atoms with Crippen LogP contribution in [-0.2, 0) is 32.7 Å². The summed E-state index contributed by atoms with van der Waals surface area (Å²) in [6, 6.07) is 16.2. The van der Waals surface area contributed by atoms with Gasteiger partial charge >= 0.3 is 0 Å². The van der Waals surface area contributed by atoms with Gasteiger partial charge in [-0.3, -0.25) is 0 Å². The van der Waals surface area contributed by atoms with Gasteiger partial charge in [0.1, 0.15) is 21.4 Å². The third kappa shape index (κ3) is 3.55. The fourth-order valence-corrected chi connectivity index (χ4v) is 21.8. The van der Waals surface area contributed by atoms with Crippen LogP contribution >= 0.6 is 33.7 Å². The monoisotopic (exact) mass is 570 g/mol. The van der Waals surface area contributed by atoms with E-state index in [1.165, 1.54) is 0 Å². The van der Waals surface area contributed by atoms with Gasteiger partial charge in [0, 0.05) is 10.6 Å². The molecule has 4 aliphatic rings. The minimum Gasteiger partial charge on any atom is -0.497 e. The van der Waals surface area contributed by atoms with Crippen LogP contribution in [-0.4, -0.2) is 24.1 Å². The van der Waals surface area contributed by atoms with Crippen LogP contribution in [0.5, 0.6) is 11.5 Å². The second-order valence-electron chi connectivity index (χ2n) is 10.4. The molecule has 2 aromatic carbocycles. The number of hydrogen-bond acceptors (Lipinski definition) is 8. The highest BCUT2D eigenvalue weighted by atomic mass is 32.9. The molecule has 2 atom stereocenters. The maximum absolute atomic E-state index is 6.73. The van der Waals surface area contributed by atoms with E-state index in [9.17, 15) is 0 Å². The first kappa shape index (κ1) is 24.3. The Morgan fingerprint density at radius 3 is 1.24 bits per heavy atom. The molecule has 0 bridgehead atoms.